The average Bonchev–Trinajstić information content (AvgIpc) is 2.47. The summed E-state index contributed by atoms with van der Waals surface area (Å²) in [4.78, 5) is 38.1. The van der Waals surface area contributed by atoms with Gasteiger partial charge in [0.25, 0.3) is 5.91 Å². The summed E-state index contributed by atoms with van der Waals surface area (Å²) < 4.78 is 0. The van der Waals surface area contributed by atoms with Crippen LogP contribution in [0.1, 0.15) is 23.2 Å². The summed E-state index contributed by atoms with van der Waals surface area (Å²) in [5.74, 6) is -0.731. The molecular weight excluding hydrogens is 274 g/mol. The van der Waals surface area contributed by atoms with E-state index in [0.29, 0.717) is 25.2 Å². The smallest absolute Gasteiger partial charge is 0.317 e. The Labute approximate surface area is 122 Å². The van der Waals surface area contributed by atoms with Gasteiger partial charge >= 0.3 is 5.97 Å². The Morgan fingerprint density at radius 1 is 1.43 bits per heavy atom. The summed E-state index contributed by atoms with van der Waals surface area (Å²) in [5.41, 5.74) is 0.231. The molecule has 7 heteroatoms. The third kappa shape index (κ3) is 4.42. The maximum atomic E-state index is 12.3. The molecule has 1 saturated heterocycles. The molecule has 114 valence electrons. The lowest BCUT2D eigenvalue weighted by Gasteiger charge is -2.32. The molecule has 21 heavy (non-hydrogen) atoms. The largest absolute Gasteiger partial charge is 0.480 e. The molecule has 1 aliphatic heterocycles. The second kappa shape index (κ2) is 7.03. The van der Waals surface area contributed by atoms with Gasteiger partial charge in [-0.2, -0.15) is 0 Å². The number of carbonyl (C=O) groups excluding carboxylic acids is 1. The minimum atomic E-state index is -0.882. The van der Waals surface area contributed by atoms with Crippen molar-refractivity contribution in [3.63, 3.8) is 0 Å². The Morgan fingerprint density at radius 2 is 2.24 bits per heavy atom. The summed E-state index contributed by atoms with van der Waals surface area (Å²) in [6, 6.07) is 2.86. The van der Waals surface area contributed by atoms with E-state index in [1.54, 1.807) is 4.90 Å². The van der Waals surface area contributed by atoms with Crippen LogP contribution in [0.5, 0.6) is 0 Å². The molecule has 0 spiro atoms. The molecule has 1 aromatic heterocycles. The summed E-state index contributed by atoms with van der Waals surface area (Å²) in [6.45, 7) is 1.81. The van der Waals surface area contributed by atoms with Gasteiger partial charge < -0.3 is 20.3 Å². The molecule has 0 aliphatic carbocycles. The van der Waals surface area contributed by atoms with Crippen LogP contribution in [-0.2, 0) is 4.79 Å². The lowest BCUT2D eigenvalue weighted by Crippen LogP contribution is -2.43. The number of piperidine rings is 1. The first-order chi connectivity index (χ1) is 10.1. The van der Waals surface area contributed by atoms with Gasteiger partial charge in [-0.1, -0.05) is 0 Å². The number of pyridine rings is 1. The number of carbonyl (C=O) groups is 2. The number of H-pyrrole nitrogens is 1. The fourth-order valence-electron chi connectivity index (χ4n) is 2.53. The summed E-state index contributed by atoms with van der Waals surface area (Å²) >= 11 is 0. The maximum absolute atomic E-state index is 12.3. The minimum absolute atomic E-state index is 0.0651. The number of rotatable bonds is 5. The molecule has 1 fully saturated rings. The zero-order valence-electron chi connectivity index (χ0n) is 11.7. The number of hydrogen-bond donors (Lipinski definition) is 3. The fourth-order valence-corrected chi connectivity index (χ4v) is 2.53. The van der Waals surface area contributed by atoms with Gasteiger partial charge in [-0.05, 0) is 24.8 Å². The van der Waals surface area contributed by atoms with Crippen LogP contribution in [0.25, 0.3) is 0 Å². The van der Waals surface area contributed by atoms with Crippen LogP contribution in [0.4, 0.5) is 0 Å². The van der Waals surface area contributed by atoms with Crippen molar-refractivity contribution in [2.24, 2.45) is 5.92 Å². The number of aliphatic carboxylic acids is 1. The predicted octanol–water partition coefficient (Wildman–Crippen LogP) is -0.0987. The van der Waals surface area contributed by atoms with E-state index in [1.807, 2.05) is 0 Å². The zero-order valence-corrected chi connectivity index (χ0v) is 11.7. The molecule has 1 aromatic rings. The molecule has 0 bridgehead atoms. The Bertz CT molecular complexity index is 549. The van der Waals surface area contributed by atoms with Gasteiger partial charge in [0.15, 0.2) is 0 Å². The van der Waals surface area contributed by atoms with Crippen molar-refractivity contribution in [1.29, 1.82) is 0 Å². The monoisotopic (exact) mass is 293 g/mol. The normalized spacial score (nSPS) is 18.5. The number of hydrogen-bond acceptors (Lipinski definition) is 4. The number of amides is 1. The Morgan fingerprint density at radius 3 is 2.90 bits per heavy atom. The molecule has 1 aliphatic rings. The van der Waals surface area contributed by atoms with Gasteiger partial charge in [-0.3, -0.25) is 14.4 Å². The van der Waals surface area contributed by atoms with Crippen molar-refractivity contribution in [1.82, 2.24) is 15.2 Å². The van der Waals surface area contributed by atoms with Gasteiger partial charge in [0.05, 0.1) is 12.1 Å². The topological polar surface area (TPSA) is 102 Å². The van der Waals surface area contributed by atoms with E-state index >= 15 is 0 Å². The highest BCUT2D eigenvalue weighted by Gasteiger charge is 2.24. The molecule has 0 aromatic carbocycles. The summed E-state index contributed by atoms with van der Waals surface area (Å²) in [5, 5.41) is 11.5. The molecule has 1 unspecified atom stereocenters. The molecule has 2 rings (SSSR count). The molecule has 1 atom stereocenters. The highest BCUT2D eigenvalue weighted by Crippen LogP contribution is 2.17. The van der Waals surface area contributed by atoms with Gasteiger partial charge in [0, 0.05) is 31.9 Å². The van der Waals surface area contributed by atoms with E-state index in [9.17, 15) is 14.4 Å². The van der Waals surface area contributed by atoms with Crippen LogP contribution >= 0.6 is 0 Å². The first-order valence-electron chi connectivity index (χ1n) is 6.97. The minimum Gasteiger partial charge on any atom is -0.480 e. The van der Waals surface area contributed by atoms with Crippen molar-refractivity contribution < 1.29 is 14.7 Å². The van der Waals surface area contributed by atoms with Crippen LogP contribution in [-0.4, -0.2) is 53.0 Å². The van der Waals surface area contributed by atoms with Crippen molar-refractivity contribution in [2.75, 3.05) is 26.2 Å². The number of nitrogens with zero attached hydrogens (tertiary/aromatic N) is 1. The quantitative estimate of drug-likeness (QED) is 0.703. The van der Waals surface area contributed by atoms with Crippen LogP contribution in [0.3, 0.4) is 0 Å². The third-order valence-corrected chi connectivity index (χ3v) is 3.55. The molecule has 7 nitrogen and oxygen atoms in total. The lowest BCUT2D eigenvalue weighted by molar-refractivity contribution is -0.136. The number of likely N-dealkylation sites (tertiary alicyclic amines) is 1. The molecule has 2 heterocycles. The molecular formula is C14H19N3O4. The Balaban J connectivity index is 1.90. The van der Waals surface area contributed by atoms with Crippen LogP contribution in [0.15, 0.2) is 23.1 Å². The van der Waals surface area contributed by atoms with Gasteiger partial charge in [-0.15, -0.1) is 0 Å². The van der Waals surface area contributed by atoms with Gasteiger partial charge in [-0.25, -0.2) is 0 Å². The van der Waals surface area contributed by atoms with Crippen LogP contribution in [0, 0.1) is 5.92 Å². The van der Waals surface area contributed by atoms with Crippen molar-refractivity contribution >= 4 is 11.9 Å². The highest BCUT2D eigenvalue weighted by molar-refractivity contribution is 5.93. The Hall–Kier alpha value is -2.15. The summed E-state index contributed by atoms with van der Waals surface area (Å²) in [6.07, 6.45) is 3.30. The van der Waals surface area contributed by atoms with E-state index in [-0.39, 0.29) is 23.9 Å². The summed E-state index contributed by atoms with van der Waals surface area (Å²) in [7, 11) is 0. The van der Waals surface area contributed by atoms with Gasteiger partial charge in [0.2, 0.25) is 5.56 Å². The van der Waals surface area contributed by atoms with Crippen molar-refractivity contribution in [3.05, 3.63) is 34.2 Å². The van der Waals surface area contributed by atoms with E-state index in [2.05, 4.69) is 10.3 Å². The second-order valence-electron chi connectivity index (χ2n) is 5.23. The maximum Gasteiger partial charge on any atom is 0.317 e. The van der Waals surface area contributed by atoms with E-state index < -0.39 is 5.97 Å². The Kier molecular flexibility index (Phi) is 5.10. The first kappa shape index (κ1) is 15.2. The lowest BCUT2D eigenvalue weighted by atomic mass is 9.97. The van der Waals surface area contributed by atoms with E-state index in [0.717, 1.165) is 12.8 Å². The van der Waals surface area contributed by atoms with Crippen molar-refractivity contribution in [3.8, 4) is 0 Å². The number of carboxylic acid groups (broad SMARTS) is 1. The van der Waals surface area contributed by atoms with Crippen molar-refractivity contribution in [2.45, 2.75) is 12.8 Å². The van der Waals surface area contributed by atoms with Gasteiger partial charge in [0.1, 0.15) is 0 Å². The third-order valence-electron chi connectivity index (χ3n) is 3.55. The fraction of sp³-hybridized carbons (Fsp3) is 0.500. The number of nitrogens with one attached hydrogen (secondary N) is 2. The zero-order chi connectivity index (χ0) is 15.2. The van der Waals surface area contributed by atoms with Crippen LogP contribution < -0.4 is 10.9 Å². The molecule has 0 radical (unpaired) electrons. The predicted molar refractivity (Wildman–Crippen MR) is 76.2 cm³/mol. The van der Waals surface area contributed by atoms with Crippen LogP contribution in [0.2, 0.25) is 0 Å². The second-order valence-corrected chi connectivity index (χ2v) is 5.23. The number of aromatic amines is 1. The molecule has 0 saturated carbocycles. The highest BCUT2D eigenvalue weighted by atomic mass is 16.4. The SMILES string of the molecule is O=C(O)CNCC1CCCN(C(=O)c2ccc(=O)[nH]c2)C1. The molecule has 1 amide bonds. The number of carboxylic acids is 1. The number of aromatic nitrogens is 1. The van der Waals surface area contributed by atoms with E-state index in [1.165, 1.54) is 18.3 Å². The standard InChI is InChI=1S/C14H19N3O4/c18-12-4-3-11(7-16-12)14(21)17-5-1-2-10(9-17)6-15-8-13(19)20/h3-4,7,10,15H,1-2,5-6,8-9H2,(H,16,18)(H,19,20). The first-order valence-corrected chi connectivity index (χ1v) is 6.97. The average molecular weight is 293 g/mol. The molecule has 3 N–H and O–H groups in total. The van der Waals surface area contributed by atoms with E-state index in [4.69, 9.17) is 5.11 Å².